The van der Waals surface area contributed by atoms with Gasteiger partial charge in [-0.3, -0.25) is 9.78 Å². The minimum absolute atomic E-state index is 0.187. The van der Waals surface area contributed by atoms with Gasteiger partial charge in [0, 0.05) is 41.9 Å². The van der Waals surface area contributed by atoms with E-state index in [9.17, 15) is 4.79 Å². The summed E-state index contributed by atoms with van der Waals surface area (Å²) in [7, 11) is 1.58. The number of carbonyl (C=O) groups is 1. The lowest BCUT2D eigenvalue weighted by molar-refractivity contribution is -0.114. The molecule has 204 valence electrons. The maximum Gasteiger partial charge on any atom is 0.231 e. The third-order valence-corrected chi connectivity index (χ3v) is 7.59. The minimum Gasteiger partial charge on any atom is -0.495 e. The number of carbonyl (C=O) groups excluding carboxylic acids is 1. The van der Waals surface area contributed by atoms with Crippen LogP contribution in [0.4, 0.5) is 11.4 Å². The number of rotatable bonds is 6. The highest BCUT2D eigenvalue weighted by molar-refractivity contribution is 7.80. The van der Waals surface area contributed by atoms with E-state index in [2.05, 4.69) is 45.0 Å². The van der Waals surface area contributed by atoms with Gasteiger partial charge in [-0.15, -0.1) is 0 Å². The van der Waals surface area contributed by atoms with E-state index in [1.807, 2.05) is 54.6 Å². The van der Waals surface area contributed by atoms with Crippen LogP contribution in [0.2, 0.25) is 0 Å². The maximum absolute atomic E-state index is 11.9. The van der Waals surface area contributed by atoms with Crippen LogP contribution in [0.3, 0.4) is 0 Å². The lowest BCUT2D eigenvalue weighted by atomic mass is 9.96. The second-order valence-electron chi connectivity index (χ2n) is 9.76. The van der Waals surface area contributed by atoms with E-state index in [-0.39, 0.29) is 24.8 Å². The third kappa shape index (κ3) is 4.40. The van der Waals surface area contributed by atoms with Crippen molar-refractivity contribution in [2.45, 2.75) is 32.9 Å². The summed E-state index contributed by atoms with van der Waals surface area (Å²) in [5, 5.41) is 6.95. The van der Waals surface area contributed by atoms with Gasteiger partial charge in [-0.05, 0) is 80.2 Å². The molecular formula is C30H29N5O4S. The molecule has 1 saturated heterocycles. The van der Waals surface area contributed by atoms with Gasteiger partial charge in [0.05, 0.1) is 30.6 Å². The maximum atomic E-state index is 11.9. The lowest BCUT2D eigenvalue weighted by Crippen LogP contribution is -2.29. The van der Waals surface area contributed by atoms with Crippen LogP contribution in [0.1, 0.15) is 41.7 Å². The average molecular weight is 556 g/mol. The van der Waals surface area contributed by atoms with E-state index < -0.39 is 0 Å². The first-order chi connectivity index (χ1) is 19.4. The van der Waals surface area contributed by atoms with Gasteiger partial charge in [-0.1, -0.05) is 6.07 Å². The SMILES string of the molecule is COc1ccc(N2C(=S)N[C@@H](c3ccccn3)[C@H]2c2cc(C)n(-c3ccc4c(c3)OCO4)c2C)cc1NC(C)=O. The molecule has 10 heteroatoms. The standard InChI is InChI=1S/C30H29N5O4S/c1-17-13-22(18(2)34(17)21-9-11-26-27(15-21)39-16-38-26)29-28(23-7-5-6-12-31-23)33-30(40)35(29)20-8-10-25(37-4)24(14-20)32-19(3)36/h5-15,28-29H,16H2,1-4H3,(H,32,36)(H,33,40)/t28-,29+/m0/s1. The smallest absolute Gasteiger partial charge is 0.231 e. The van der Waals surface area contributed by atoms with E-state index in [1.165, 1.54) is 6.92 Å². The molecule has 2 aromatic heterocycles. The van der Waals surface area contributed by atoms with Crippen molar-refractivity contribution in [3.63, 3.8) is 0 Å². The van der Waals surface area contributed by atoms with Gasteiger partial charge in [0.2, 0.25) is 12.7 Å². The van der Waals surface area contributed by atoms with Crippen molar-refractivity contribution in [1.29, 1.82) is 0 Å². The topological polar surface area (TPSA) is 89.9 Å². The molecule has 6 rings (SSSR count). The predicted molar refractivity (Wildman–Crippen MR) is 157 cm³/mol. The molecule has 0 radical (unpaired) electrons. The minimum atomic E-state index is -0.227. The van der Waals surface area contributed by atoms with Gasteiger partial charge in [-0.25, -0.2) is 0 Å². The van der Waals surface area contributed by atoms with E-state index in [1.54, 1.807) is 13.3 Å². The van der Waals surface area contributed by atoms with Crippen molar-refractivity contribution in [1.82, 2.24) is 14.9 Å². The Balaban J connectivity index is 1.49. The molecule has 0 aliphatic carbocycles. The normalized spacial score (nSPS) is 17.6. The fourth-order valence-corrected chi connectivity index (χ4v) is 5.94. The molecule has 4 heterocycles. The number of thiocarbonyl (C=S) groups is 1. The summed E-state index contributed by atoms with van der Waals surface area (Å²) in [6, 6.07) is 19.3. The van der Waals surface area contributed by atoms with Crippen LogP contribution >= 0.6 is 12.2 Å². The van der Waals surface area contributed by atoms with Crippen molar-refractivity contribution in [2.75, 3.05) is 24.1 Å². The monoisotopic (exact) mass is 555 g/mol. The number of ether oxygens (including phenoxy) is 3. The van der Waals surface area contributed by atoms with Gasteiger partial charge in [-0.2, -0.15) is 0 Å². The highest BCUT2D eigenvalue weighted by Crippen LogP contribution is 2.45. The predicted octanol–water partition coefficient (Wildman–Crippen LogP) is 5.36. The first-order valence-corrected chi connectivity index (χ1v) is 13.3. The molecule has 0 saturated carbocycles. The molecule has 2 aliphatic rings. The zero-order chi connectivity index (χ0) is 28.0. The van der Waals surface area contributed by atoms with E-state index in [0.29, 0.717) is 16.5 Å². The number of fused-ring (bicyclic) bond motifs is 1. The van der Waals surface area contributed by atoms with Crippen LogP contribution in [0.15, 0.2) is 66.9 Å². The van der Waals surface area contributed by atoms with Gasteiger partial charge < -0.3 is 34.3 Å². The second-order valence-corrected chi connectivity index (χ2v) is 10.1. The largest absolute Gasteiger partial charge is 0.495 e. The molecular weight excluding hydrogens is 526 g/mol. The van der Waals surface area contributed by atoms with E-state index >= 15 is 0 Å². The Kier molecular flexibility index (Phi) is 6.55. The molecule has 0 spiro atoms. The number of pyridine rings is 1. The first kappa shape index (κ1) is 25.7. The fourth-order valence-electron chi connectivity index (χ4n) is 5.59. The quantitative estimate of drug-likeness (QED) is 0.307. The van der Waals surface area contributed by atoms with E-state index in [4.69, 9.17) is 26.4 Å². The number of hydrogen-bond donors (Lipinski definition) is 2. The Morgan fingerprint density at radius 3 is 2.62 bits per heavy atom. The number of methoxy groups -OCH3 is 1. The molecule has 9 nitrogen and oxygen atoms in total. The molecule has 0 unspecified atom stereocenters. The summed E-state index contributed by atoms with van der Waals surface area (Å²) < 4.78 is 18.9. The summed E-state index contributed by atoms with van der Waals surface area (Å²) in [5.41, 5.74) is 6.47. The number of anilines is 2. The Morgan fingerprint density at radius 1 is 1.07 bits per heavy atom. The van der Waals surface area contributed by atoms with Crippen molar-refractivity contribution in [3.8, 4) is 22.9 Å². The van der Waals surface area contributed by atoms with Crippen LogP contribution in [-0.4, -0.2) is 34.5 Å². The van der Waals surface area contributed by atoms with Gasteiger partial charge in [0.15, 0.2) is 16.6 Å². The highest BCUT2D eigenvalue weighted by Gasteiger charge is 2.42. The zero-order valence-electron chi connectivity index (χ0n) is 22.6. The Bertz CT molecular complexity index is 1620. The molecule has 1 fully saturated rings. The molecule has 0 bridgehead atoms. The summed E-state index contributed by atoms with van der Waals surface area (Å²) in [4.78, 5) is 18.7. The number of nitrogens with zero attached hydrogens (tertiary/aromatic N) is 3. The van der Waals surface area contributed by atoms with E-state index in [0.717, 1.165) is 45.5 Å². The molecule has 40 heavy (non-hydrogen) atoms. The summed E-state index contributed by atoms with van der Waals surface area (Å²) in [6.45, 7) is 5.89. The van der Waals surface area contributed by atoms with Gasteiger partial charge >= 0.3 is 0 Å². The number of nitrogens with one attached hydrogen (secondary N) is 2. The average Bonchev–Trinajstić information content (AvgIpc) is 3.63. The number of aromatic nitrogens is 2. The van der Waals surface area contributed by atoms with Crippen LogP contribution in [0.25, 0.3) is 5.69 Å². The molecule has 2 atom stereocenters. The molecule has 2 aliphatic heterocycles. The zero-order valence-corrected chi connectivity index (χ0v) is 23.4. The molecule has 2 aromatic carbocycles. The van der Waals surface area contributed by atoms with Crippen LogP contribution in [0.5, 0.6) is 17.2 Å². The van der Waals surface area contributed by atoms with Crippen molar-refractivity contribution in [2.24, 2.45) is 0 Å². The summed E-state index contributed by atoms with van der Waals surface area (Å²) in [6.07, 6.45) is 1.79. The van der Waals surface area contributed by atoms with Crippen molar-refractivity contribution < 1.29 is 19.0 Å². The number of benzene rings is 2. The Hall–Kier alpha value is -4.57. The first-order valence-electron chi connectivity index (χ1n) is 12.9. The molecule has 4 aromatic rings. The lowest BCUT2D eigenvalue weighted by Gasteiger charge is -2.29. The van der Waals surface area contributed by atoms with Crippen LogP contribution in [0, 0.1) is 13.8 Å². The molecule has 2 N–H and O–H groups in total. The second kappa shape index (κ2) is 10.2. The number of aryl methyl sites for hydroxylation is 1. The Morgan fingerprint density at radius 2 is 1.88 bits per heavy atom. The van der Waals surface area contributed by atoms with Crippen molar-refractivity contribution in [3.05, 3.63) is 89.5 Å². The number of hydrogen-bond acceptors (Lipinski definition) is 6. The summed E-state index contributed by atoms with van der Waals surface area (Å²) in [5.74, 6) is 1.85. The van der Waals surface area contributed by atoms with Crippen molar-refractivity contribution >= 4 is 34.6 Å². The highest BCUT2D eigenvalue weighted by atomic mass is 32.1. The van der Waals surface area contributed by atoms with Crippen LogP contribution < -0.4 is 29.7 Å². The third-order valence-electron chi connectivity index (χ3n) is 7.27. The van der Waals surface area contributed by atoms with Gasteiger partial charge in [0.25, 0.3) is 0 Å². The van der Waals surface area contributed by atoms with Crippen LogP contribution in [-0.2, 0) is 4.79 Å². The number of amides is 1. The molecule has 1 amide bonds. The fraction of sp³-hybridized carbons (Fsp3) is 0.233. The summed E-state index contributed by atoms with van der Waals surface area (Å²) >= 11 is 5.93. The van der Waals surface area contributed by atoms with Gasteiger partial charge in [0.1, 0.15) is 5.75 Å². The Labute approximate surface area is 237 Å².